The Kier molecular flexibility index (Phi) is 6.65. The van der Waals surface area contributed by atoms with Gasteiger partial charge in [-0.1, -0.05) is 75.4 Å². The molecule has 0 unspecified atom stereocenters. The highest BCUT2D eigenvalue weighted by Crippen LogP contribution is 2.39. The number of nitrogens with zero attached hydrogens (tertiary/aromatic N) is 1. The summed E-state index contributed by atoms with van der Waals surface area (Å²) in [5.74, 6) is -1.29. The minimum absolute atomic E-state index is 0.00112. The number of hydrogen-bond acceptors (Lipinski definition) is 3. The fraction of sp³-hybridized carbons (Fsp3) is 0.385. The van der Waals surface area contributed by atoms with Crippen LogP contribution in [-0.2, 0) is 15.0 Å². The van der Waals surface area contributed by atoms with Crippen LogP contribution in [0.15, 0.2) is 60.2 Å². The Morgan fingerprint density at radius 3 is 2.16 bits per heavy atom. The van der Waals surface area contributed by atoms with Gasteiger partial charge in [-0.3, -0.25) is 9.59 Å². The highest BCUT2D eigenvalue weighted by Gasteiger charge is 2.45. The molecule has 0 aromatic heterocycles. The maximum Gasteiger partial charge on any atom is 0.295 e. The fourth-order valence-corrected chi connectivity index (χ4v) is 3.98. The van der Waals surface area contributed by atoms with Gasteiger partial charge in [0.2, 0.25) is 0 Å². The van der Waals surface area contributed by atoms with Gasteiger partial charge in [-0.2, -0.15) is 0 Å². The van der Waals surface area contributed by atoms with Crippen LogP contribution in [0.5, 0.6) is 0 Å². The molecule has 5 heteroatoms. The molecule has 1 atom stereocenters. The van der Waals surface area contributed by atoms with E-state index in [0.717, 1.165) is 18.5 Å². The zero-order chi connectivity index (χ0) is 22.8. The Morgan fingerprint density at radius 2 is 1.61 bits per heavy atom. The molecule has 2 N–H and O–H groups in total. The number of nitrogens with one attached hydrogen (secondary N) is 1. The summed E-state index contributed by atoms with van der Waals surface area (Å²) in [5, 5.41) is 11.0. The van der Waals surface area contributed by atoms with Crippen molar-refractivity contribution in [3.05, 3.63) is 76.9 Å². The van der Waals surface area contributed by atoms with Gasteiger partial charge in [0.25, 0.3) is 11.7 Å². The first kappa shape index (κ1) is 22.8. The van der Waals surface area contributed by atoms with E-state index in [-0.39, 0.29) is 16.7 Å². The standard InChI is InChI=1S/C26H32N2O3/c1-26(2,3)20-14-12-18(13-15-20)22-21(23(29)19-10-7-6-8-11-19)24(30)25(31)28(22)17-9-16-27(4)5/h6-8,10-15,22,29H,9,16-17H2,1-5H3/p+1/t22-/m1/s1. The van der Waals surface area contributed by atoms with Crippen molar-refractivity contribution in [3.8, 4) is 0 Å². The number of aliphatic hydroxyl groups excluding tert-OH is 1. The van der Waals surface area contributed by atoms with Crippen LogP contribution in [-0.4, -0.2) is 48.9 Å². The Hall–Kier alpha value is -2.92. The minimum atomic E-state index is -0.622. The smallest absolute Gasteiger partial charge is 0.295 e. The van der Waals surface area contributed by atoms with Crippen LogP contribution in [0.25, 0.3) is 5.76 Å². The summed E-state index contributed by atoms with van der Waals surface area (Å²) in [6, 6.07) is 16.4. The maximum atomic E-state index is 13.0. The van der Waals surface area contributed by atoms with Crippen LogP contribution in [0.4, 0.5) is 0 Å². The molecule has 31 heavy (non-hydrogen) atoms. The summed E-state index contributed by atoms with van der Waals surface area (Å²) in [6.07, 6.45) is 0.775. The lowest BCUT2D eigenvalue weighted by atomic mass is 9.85. The zero-order valence-electron chi connectivity index (χ0n) is 19.1. The summed E-state index contributed by atoms with van der Waals surface area (Å²) in [6.45, 7) is 7.79. The molecule has 1 aliphatic heterocycles. The van der Waals surface area contributed by atoms with E-state index in [1.165, 1.54) is 10.5 Å². The van der Waals surface area contributed by atoms with E-state index in [9.17, 15) is 14.7 Å². The molecule has 1 fully saturated rings. The number of benzene rings is 2. The number of carbonyl (C=O) groups excluding carboxylic acids is 2. The van der Waals surface area contributed by atoms with E-state index < -0.39 is 17.7 Å². The van der Waals surface area contributed by atoms with Gasteiger partial charge >= 0.3 is 0 Å². The van der Waals surface area contributed by atoms with E-state index in [2.05, 4.69) is 34.9 Å². The largest absolute Gasteiger partial charge is 0.507 e. The Bertz CT molecular complexity index is 970. The van der Waals surface area contributed by atoms with Gasteiger partial charge in [0.1, 0.15) is 5.76 Å². The summed E-state index contributed by atoms with van der Waals surface area (Å²) >= 11 is 0. The lowest BCUT2D eigenvalue weighted by Gasteiger charge is -2.26. The average Bonchev–Trinajstić information content (AvgIpc) is 2.98. The van der Waals surface area contributed by atoms with Crippen LogP contribution >= 0.6 is 0 Å². The van der Waals surface area contributed by atoms with Gasteiger partial charge < -0.3 is 14.9 Å². The van der Waals surface area contributed by atoms with E-state index in [1.54, 1.807) is 29.2 Å². The molecule has 0 saturated carbocycles. The predicted octanol–water partition coefficient (Wildman–Crippen LogP) is 2.94. The molecule has 0 spiro atoms. The molecule has 2 aromatic carbocycles. The second kappa shape index (κ2) is 9.06. The maximum absolute atomic E-state index is 13.0. The SMILES string of the molecule is C[NH+](C)CCCN1C(=O)C(=O)C(=C(O)c2ccccc2)[C@H]1c1ccc(C(C)(C)C)cc1. The molecular formula is C26H33N2O3+. The number of aliphatic hydroxyl groups is 1. The molecule has 0 aliphatic carbocycles. The first-order chi connectivity index (χ1) is 14.6. The van der Waals surface area contributed by atoms with Gasteiger partial charge in [-0.15, -0.1) is 0 Å². The number of amides is 1. The quantitative estimate of drug-likeness (QED) is 0.428. The lowest BCUT2D eigenvalue weighted by Crippen LogP contribution is -3.05. The van der Waals surface area contributed by atoms with Crippen LogP contribution in [0.2, 0.25) is 0 Å². The molecular weight excluding hydrogens is 388 g/mol. The molecule has 164 valence electrons. The molecule has 2 aromatic rings. The number of rotatable bonds is 6. The Morgan fingerprint density at radius 1 is 1.00 bits per heavy atom. The molecule has 0 bridgehead atoms. The second-order valence-electron chi connectivity index (χ2n) is 9.54. The summed E-state index contributed by atoms with van der Waals surface area (Å²) < 4.78 is 0. The van der Waals surface area contributed by atoms with Crippen LogP contribution in [0.1, 0.15) is 49.9 Å². The van der Waals surface area contributed by atoms with Crippen LogP contribution in [0, 0.1) is 0 Å². The third-order valence-corrected chi connectivity index (χ3v) is 5.76. The van der Waals surface area contributed by atoms with Crippen molar-refractivity contribution in [2.75, 3.05) is 27.2 Å². The van der Waals surface area contributed by atoms with Gasteiger partial charge in [0.15, 0.2) is 0 Å². The van der Waals surface area contributed by atoms with Crippen LogP contribution < -0.4 is 4.90 Å². The summed E-state index contributed by atoms with van der Waals surface area (Å²) in [4.78, 5) is 28.9. The van der Waals surface area contributed by atoms with Crippen molar-refractivity contribution in [3.63, 3.8) is 0 Å². The molecule has 1 aliphatic rings. The summed E-state index contributed by atoms with van der Waals surface area (Å²) in [7, 11) is 4.12. The number of hydrogen-bond donors (Lipinski definition) is 2. The van der Waals surface area contributed by atoms with E-state index in [1.807, 2.05) is 30.3 Å². The monoisotopic (exact) mass is 421 g/mol. The number of quaternary nitrogens is 1. The van der Waals surface area contributed by atoms with E-state index in [4.69, 9.17) is 0 Å². The predicted molar refractivity (Wildman–Crippen MR) is 123 cm³/mol. The average molecular weight is 422 g/mol. The molecule has 5 nitrogen and oxygen atoms in total. The number of carbonyl (C=O) groups is 2. The van der Waals surface area contributed by atoms with E-state index >= 15 is 0 Å². The van der Waals surface area contributed by atoms with Crippen molar-refractivity contribution in [2.24, 2.45) is 0 Å². The number of likely N-dealkylation sites (tertiary alicyclic amines) is 1. The first-order valence-electron chi connectivity index (χ1n) is 10.8. The number of ketones is 1. The molecule has 1 amide bonds. The Labute approximate surface area is 185 Å². The topological polar surface area (TPSA) is 62.0 Å². The number of Topliss-reactive ketones (excluding diaryl/α,β-unsaturated/α-hetero) is 1. The van der Waals surface area contributed by atoms with Gasteiger partial charge in [-0.05, 0) is 16.5 Å². The van der Waals surface area contributed by atoms with Crippen molar-refractivity contribution in [1.29, 1.82) is 0 Å². The van der Waals surface area contributed by atoms with Crippen molar-refractivity contribution >= 4 is 17.4 Å². The molecule has 1 saturated heterocycles. The van der Waals surface area contributed by atoms with Crippen LogP contribution in [0.3, 0.4) is 0 Å². The zero-order valence-corrected chi connectivity index (χ0v) is 19.1. The second-order valence-corrected chi connectivity index (χ2v) is 9.54. The third-order valence-electron chi connectivity index (χ3n) is 5.76. The highest BCUT2D eigenvalue weighted by molar-refractivity contribution is 6.46. The molecule has 0 radical (unpaired) electrons. The van der Waals surface area contributed by atoms with E-state index in [0.29, 0.717) is 12.1 Å². The fourth-order valence-electron chi connectivity index (χ4n) is 3.98. The normalized spacial score (nSPS) is 18.8. The lowest BCUT2D eigenvalue weighted by molar-refractivity contribution is -0.858. The van der Waals surface area contributed by atoms with Crippen molar-refractivity contribution < 1.29 is 19.6 Å². The van der Waals surface area contributed by atoms with Gasteiger partial charge in [0, 0.05) is 18.5 Å². The van der Waals surface area contributed by atoms with Crippen molar-refractivity contribution in [1.82, 2.24) is 4.90 Å². The highest BCUT2D eigenvalue weighted by atomic mass is 16.3. The van der Waals surface area contributed by atoms with Crippen molar-refractivity contribution in [2.45, 2.75) is 38.6 Å². The minimum Gasteiger partial charge on any atom is -0.507 e. The molecule has 1 heterocycles. The Balaban J connectivity index is 2.08. The first-order valence-corrected chi connectivity index (χ1v) is 10.8. The summed E-state index contributed by atoms with van der Waals surface area (Å²) in [5.41, 5.74) is 2.71. The van der Waals surface area contributed by atoms with Gasteiger partial charge in [0.05, 0.1) is 32.3 Å². The third kappa shape index (κ3) is 4.88. The molecule has 3 rings (SSSR count). The van der Waals surface area contributed by atoms with Gasteiger partial charge in [-0.25, -0.2) is 0 Å².